The van der Waals surface area contributed by atoms with E-state index in [1.165, 1.54) is 22.9 Å². The summed E-state index contributed by atoms with van der Waals surface area (Å²) in [5.41, 5.74) is 1.54. The van der Waals surface area contributed by atoms with E-state index in [0.29, 0.717) is 28.5 Å². The topological polar surface area (TPSA) is 82.5 Å². The molecule has 1 N–H and O–H groups in total. The van der Waals surface area contributed by atoms with Gasteiger partial charge in [-0.15, -0.1) is 11.3 Å². The van der Waals surface area contributed by atoms with E-state index in [9.17, 15) is 9.59 Å². The van der Waals surface area contributed by atoms with Crippen molar-refractivity contribution in [3.05, 3.63) is 45.3 Å². The van der Waals surface area contributed by atoms with Crippen LogP contribution in [0.15, 0.2) is 29.3 Å². The normalized spacial score (nSPS) is 15.8. The average Bonchev–Trinajstić information content (AvgIpc) is 3.08. The first kappa shape index (κ1) is 19.4. The van der Waals surface area contributed by atoms with Gasteiger partial charge < -0.3 is 14.8 Å². The van der Waals surface area contributed by atoms with Crippen molar-refractivity contribution in [1.82, 2.24) is 9.55 Å². The number of aryl methyl sites for hydroxylation is 1. The molecule has 0 bridgehead atoms. The second-order valence-corrected chi connectivity index (χ2v) is 8.41. The van der Waals surface area contributed by atoms with Crippen LogP contribution < -0.4 is 20.3 Å². The van der Waals surface area contributed by atoms with Crippen molar-refractivity contribution >= 4 is 33.1 Å². The van der Waals surface area contributed by atoms with Crippen molar-refractivity contribution in [3.8, 4) is 11.5 Å². The number of fused-ring (bicyclic) bond motifs is 3. The number of carbonyl (C=O) groups is 1. The van der Waals surface area contributed by atoms with E-state index in [4.69, 9.17) is 9.47 Å². The van der Waals surface area contributed by atoms with Crippen LogP contribution in [-0.2, 0) is 24.2 Å². The molecule has 0 spiro atoms. The van der Waals surface area contributed by atoms with Crippen LogP contribution in [0.5, 0.6) is 11.5 Å². The van der Waals surface area contributed by atoms with Gasteiger partial charge in [0, 0.05) is 16.6 Å². The lowest BCUT2D eigenvalue weighted by Crippen LogP contribution is -2.28. The van der Waals surface area contributed by atoms with Gasteiger partial charge in [0.1, 0.15) is 11.4 Å². The minimum atomic E-state index is -0.307. The zero-order valence-corrected chi connectivity index (χ0v) is 17.5. The molecule has 152 valence electrons. The second kappa shape index (κ2) is 7.87. The molecule has 0 fully saturated rings. The first-order valence-corrected chi connectivity index (χ1v) is 10.3. The van der Waals surface area contributed by atoms with Crippen molar-refractivity contribution < 1.29 is 14.3 Å². The number of nitrogens with zero attached hydrogens (tertiary/aromatic N) is 2. The molecule has 29 heavy (non-hydrogen) atoms. The molecule has 0 saturated heterocycles. The lowest BCUT2D eigenvalue weighted by atomic mass is 9.89. The van der Waals surface area contributed by atoms with E-state index in [0.717, 1.165) is 29.7 Å². The number of hydrogen-bond donors (Lipinski definition) is 1. The molecular weight excluding hydrogens is 390 g/mol. The van der Waals surface area contributed by atoms with E-state index < -0.39 is 0 Å². The minimum Gasteiger partial charge on any atom is -0.493 e. The van der Waals surface area contributed by atoms with Crippen LogP contribution in [0.3, 0.4) is 0 Å². The standard InChI is InChI=1S/C21H23N3O4S/c1-12-4-6-14-17(8-12)29-20-19(14)21(26)24(11-22-20)10-18(25)23-13-5-7-15(27-2)16(9-13)28-3/h5,7,9,11-12H,4,6,8,10H2,1-3H3,(H,23,25). The van der Waals surface area contributed by atoms with E-state index in [1.807, 2.05) is 0 Å². The van der Waals surface area contributed by atoms with Crippen molar-refractivity contribution in [3.63, 3.8) is 0 Å². The Hall–Kier alpha value is -2.87. The van der Waals surface area contributed by atoms with Gasteiger partial charge in [-0.25, -0.2) is 4.98 Å². The van der Waals surface area contributed by atoms with Gasteiger partial charge in [0.15, 0.2) is 11.5 Å². The third-order valence-corrected chi connectivity index (χ3v) is 6.43. The molecule has 7 nitrogen and oxygen atoms in total. The van der Waals surface area contributed by atoms with Crippen LogP contribution in [0.1, 0.15) is 23.8 Å². The average molecular weight is 413 g/mol. The maximum absolute atomic E-state index is 13.0. The maximum atomic E-state index is 13.0. The molecular formula is C21H23N3O4S. The predicted molar refractivity (Wildman–Crippen MR) is 113 cm³/mol. The predicted octanol–water partition coefficient (Wildman–Crippen LogP) is 3.24. The lowest BCUT2D eigenvalue weighted by molar-refractivity contribution is -0.116. The SMILES string of the molecule is COc1ccc(NC(=O)Cn2cnc3sc4c(c3c2=O)CCC(C)C4)cc1OC. The fourth-order valence-electron chi connectivity index (χ4n) is 3.75. The number of hydrogen-bond acceptors (Lipinski definition) is 6. The van der Waals surface area contributed by atoms with E-state index >= 15 is 0 Å². The number of ether oxygens (including phenoxy) is 2. The summed E-state index contributed by atoms with van der Waals surface area (Å²) in [4.78, 5) is 32.0. The monoisotopic (exact) mass is 413 g/mol. The quantitative estimate of drug-likeness (QED) is 0.694. The van der Waals surface area contributed by atoms with Gasteiger partial charge in [-0.05, 0) is 42.9 Å². The number of rotatable bonds is 5. The molecule has 1 aromatic carbocycles. The molecule has 1 aliphatic rings. The summed E-state index contributed by atoms with van der Waals surface area (Å²) in [6, 6.07) is 5.12. The van der Waals surface area contributed by atoms with E-state index in [2.05, 4.69) is 17.2 Å². The van der Waals surface area contributed by atoms with Crippen molar-refractivity contribution in [1.29, 1.82) is 0 Å². The summed E-state index contributed by atoms with van der Waals surface area (Å²) >= 11 is 1.60. The fraction of sp³-hybridized carbons (Fsp3) is 0.381. The van der Waals surface area contributed by atoms with Crippen molar-refractivity contribution in [2.75, 3.05) is 19.5 Å². The summed E-state index contributed by atoms with van der Waals surface area (Å²) < 4.78 is 11.8. The number of amides is 1. The highest BCUT2D eigenvalue weighted by atomic mass is 32.1. The Morgan fingerprint density at radius 3 is 2.86 bits per heavy atom. The molecule has 1 aliphatic carbocycles. The molecule has 0 radical (unpaired) electrons. The maximum Gasteiger partial charge on any atom is 0.262 e. The van der Waals surface area contributed by atoms with Gasteiger partial charge in [-0.2, -0.15) is 0 Å². The Balaban J connectivity index is 1.57. The first-order valence-electron chi connectivity index (χ1n) is 9.51. The van der Waals surface area contributed by atoms with Crippen molar-refractivity contribution in [2.45, 2.75) is 32.7 Å². The van der Waals surface area contributed by atoms with Gasteiger partial charge in [0.05, 0.1) is 25.9 Å². The summed E-state index contributed by atoms with van der Waals surface area (Å²) in [7, 11) is 3.08. The second-order valence-electron chi connectivity index (χ2n) is 7.33. The van der Waals surface area contributed by atoms with Crippen LogP contribution in [0.25, 0.3) is 10.2 Å². The minimum absolute atomic E-state index is 0.100. The Morgan fingerprint density at radius 2 is 2.10 bits per heavy atom. The number of benzene rings is 1. The molecule has 0 saturated carbocycles. The number of methoxy groups -OCH3 is 2. The zero-order valence-electron chi connectivity index (χ0n) is 16.7. The number of anilines is 1. The highest BCUT2D eigenvalue weighted by Crippen LogP contribution is 2.35. The zero-order chi connectivity index (χ0) is 20.5. The van der Waals surface area contributed by atoms with Crippen LogP contribution in [-0.4, -0.2) is 29.7 Å². The molecule has 1 atom stereocenters. The highest BCUT2D eigenvalue weighted by Gasteiger charge is 2.23. The summed E-state index contributed by atoms with van der Waals surface area (Å²) in [5, 5.41) is 3.47. The number of carbonyl (C=O) groups excluding carboxylic acids is 1. The Bertz CT molecular complexity index is 1130. The van der Waals surface area contributed by atoms with Crippen LogP contribution in [0, 0.1) is 5.92 Å². The van der Waals surface area contributed by atoms with Crippen LogP contribution >= 0.6 is 11.3 Å². The van der Waals surface area contributed by atoms with Crippen LogP contribution in [0.2, 0.25) is 0 Å². The third kappa shape index (κ3) is 3.72. The molecule has 1 amide bonds. The molecule has 2 aromatic heterocycles. The summed E-state index contributed by atoms with van der Waals surface area (Å²) in [6.07, 6.45) is 4.43. The molecule has 2 heterocycles. The Labute approximate surface area is 172 Å². The van der Waals surface area contributed by atoms with Gasteiger partial charge in [0.2, 0.25) is 5.91 Å². The third-order valence-electron chi connectivity index (χ3n) is 5.26. The molecule has 8 heteroatoms. The van der Waals surface area contributed by atoms with Crippen LogP contribution in [0.4, 0.5) is 5.69 Å². The van der Waals surface area contributed by atoms with Gasteiger partial charge in [-0.3, -0.25) is 14.2 Å². The lowest BCUT2D eigenvalue weighted by Gasteiger charge is -2.17. The van der Waals surface area contributed by atoms with E-state index in [-0.39, 0.29) is 18.0 Å². The highest BCUT2D eigenvalue weighted by molar-refractivity contribution is 7.18. The Morgan fingerprint density at radius 1 is 1.31 bits per heavy atom. The number of nitrogens with one attached hydrogen (secondary N) is 1. The smallest absolute Gasteiger partial charge is 0.262 e. The molecule has 3 aromatic rings. The van der Waals surface area contributed by atoms with E-state index in [1.54, 1.807) is 36.6 Å². The molecule has 1 unspecified atom stereocenters. The molecule has 4 rings (SSSR count). The molecule has 0 aliphatic heterocycles. The van der Waals surface area contributed by atoms with Gasteiger partial charge in [0.25, 0.3) is 5.56 Å². The summed E-state index contributed by atoms with van der Waals surface area (Å²) in [6.45, 7) is 2.13. The summed E-state index contributed by atoms with van der Waals surface area (Å²) in [5.74, 6) is 1.42. The van der Waals surface area contributed by atoms with Gasteiger partial charge >= 0.3 is 0 Å². The number of thiophene rings is 1. The fourth-order valence-corrected chi connectivity index (χ4v) is 5.09. The number of aromatic nitrogens is 2. The Kier molecular flexibility index (Phi) is 5.27. The largest absolute Gasteiger partial charge is 0.493 e. The first-order chi connectivity index (χ1) is 14.0. The van der Waals surface area contributed by atoms with Crippen molar-refractivity contribution in [2.24, 2.45) is 5.92 Å². The van der Waals surface area contributed by atoms with Gasteiger partial charge in [-0.1, -0.05) is 6.92 Å².